The molecule has 1 N–H and O–H groups in total. The smallest absolute Gasteiger partial charge is 0.0426 e. The molecule has 88 valence electrons. The van der Waals surface area contributed by atoms with Crippen LogP contribution >= 0.6 is 11.6 Å². The van der Waals surface area contributed by atoms with E-state index in [9.17, 15) is 0 Å². The molecule has 0 bridgehead atoms. The Morgan fingerprint density at radius 3 is 3.06 bits per heavy atom. The van der Waals surface area contributed by atoms with E-state index in [0.717, 1.165) is 30.6 Å². The van der Waals surface area contributed by atoms with Crippen LogP contribution in [0.15, 0.2) is 18.2 Å². The Kier molecular flexibility index (Phi) is 3.72. The average Bonchev–Trinajstić information content (AvgIpc) is 2.71. The van der Waals surface area contributed by atoms with Crippen LogP contribution < -0.4 is 10.2 Å². The molecule has 0 aliphatic carbocycles. The predicted octanol–water partition coefficient (Wildman–Crippen LogP) is 2.69. The zero-order chi connectivity index (χ0) is 11.5. The van der Waals surface area contributed by atoms with E-state index in [1.165, 1.54) is 17.7 Å². The Balaban J connectivity index is 2.11. The van der Waals surface area contributed by atoms with Gasteiger partial charge in [-0.1, -0.05) is 17.7 Å². The standard InChI is InChI=1S/C13H19ClN2/c1-10-3-4-12(14)7-13(10)16-6-5-11(9-16)8-15-2/h3-4,7,11,15H,5-6,8-9H2,1-2H3. The lowest BCUT2D eigenvalue weighted by molar-refractivity contribution is 0.549. The van der Waals surface area contributed by atoms with Gasteiger partial charge in [0.2, 0.25) is 0 Å². The Bertz CT molecular complexity index is 365. The van der Waals surface area contributed by atoms with E-state index in [2.05, 4.69) is 29.3 Å². The highest BCUT2D eigenvalue weighted by atomic mass is 35.5. The zero-order valence-corrected chi connectivity index (χ0v) is 10.7. The van der Waals surface area contributed by atoms with E-state index < -0.39 is 0 Å². The molecule has 1 atom stereocenters. The molecule has 1 aliphatic heterocycles. The van der Waals surface area contributed by atoms with E-state index in [1.807, 2.05) is 13.1 Å². The summed E-state index contributed by atoms with van der Waals surface area (Å²) in [6, 6.07) is 6.14. The highest BCUT2D eigenvalue weighted by Gasteiger charge is 2.22. The molecule has 0 radical (unpaired) electrons. The lowest BCUT2D eigenvalue weighted by Crippen LogP contribution is -2.24. The molecule has 3 heteroatoms. The van der Waals surface area contributed by atoms with Crippen molar-refractivity contribution in [2.45, 2.75) is 13.3 Å². The molecule has 2 nitrogen and oxygen atoms in total. The van der Waals surface area contributed by atoms with Crippen LogP contribution in [0.25, 0.3) is 0 Å². The minimum Gasteiger partial charge on any atom is -0.371 e. The molecule has 2 rings (SSSR count). The fourth-order valence-corrected chi connectivity index (χ4v) is 2.60. The quantitative estimate of drug-likeness (QED) is 0.871. The van der Waals surface area contributed by atoms with Gasteiger partial charge < -0.3 is 10.2 Å². The molecule has 1 aliphatic rings. The molecule has 0 saturated carbocycles. The topological polar surface area (TPSA) is 15.3 Å². The highest BCUT2D eigenvalue weighted by Crippen LogP contribution is 2.28. The number of nitrogens with one attached hydrogen (secondary N) is 1. The number of rotatable bonds is 3. The molecular formula is C13H19ClN2. The van der Waals surface area contributed by atoms with Crippen LogP contribution in [0.4, 0.5) is 5.69 Å². The minimum atomic E-state index is 0.767. The maximum absolute atomic E-state index is 6.05. The van der Waals surface area contributed by atoms with E-state index >= 15 is 0 Å². The first kappa shape index (κ1) is 11.7. The molecule has 1 heterocycles. The van der Waals surface area contributed by atoms with Crippen molar-refractivity contribution in [2.24, 2.45) is 5.92 Å². The van der Waals surface area contributed by atoms with Gasteiger partial charge in [-0.2, -0.15) is 0 Å². The van der Waals surface area contributed by atoms with Crippen LogP contribution in [0.3, 0.4) is 0 Å². The normalized spacial score (nSPS) is 20.4. The van der Waals surface area contributed by atoms with E-state index in [1.54, 1.807) is 0 Å². The maximum atomic E-state index is 6.05. The second kappa shape index (κ2) is 5.07. The lowest BCUT2D eigenvalue weighted by Gasteiger charge is -2.21. The average molecular weight is 239 g/mol. The number of halogens is 1. The zero-order valence-electron chi connectivity index (χ0n) is 9.96. The second-order valence-electron chi connectivity index (χ2n) is 4.59. The van der Waals surface area contributed by atoms with Crippen LogP contribution in [-0.4, -0.2) is 26.7 Å². The molecule has 1 aromatic carbocycles. The molecule has 0 spiro atoms. The van der Waals surface area contributed by atoms with Crippen molar-refractivity contribution < 1.29 is 0 Å². The summed E-state index contributed by atoms with van der Waals surface area (Å²) in [6.07, 6.45) is 1.27. The molecule has 1 unspecified atom stereocenters. The molecule has 0 aromatic heterocycles. The van der Waals surface area contributed by atoms with Gasteiger partial charge in [0.15, 0.2) is 0 Å². The molecule has 1 fully saturated rings. The Labute approximate surface area is 103 Å². The first-order valence-corrected chi connectivity index (χ1v) is 6.24. The van der Waals surface area contributed by atoms with Crippen LogP contribution in [0.2, 0.25) is 5.02 Å². The number of hydrogen-bond acceptors (Lipinski definition) is 2. The SMILES string of the molecule is CNCC1CCN(c2cc(Cl)ccc2C)C1. The molecule has 1 saturated heterocycles. The van der Waals surface area contributed by atoms with Gasteiger partial charge in [0.1, 0.15) is 0 Å². The Hall–Kier alpha value is -0.730. The van der Waals surface area contributed by atoms with Crippen LogP contribution in [0.1, 0.15) is 12.0 Å². The van der Waals surface area contributed by atoms with Crippen LogP contribution in [-0.2, 0) is 0 Å². The molecule has 16 heavy (non-hydrogen) atoms. The third-order valence-electron chi connectivity index (χ3n) is 3.29. The fraction of sp³-hybridized carbons (Fsp3) is 0.538. The van der Waals surface area contributed by atoms with Crippen molar-refractivity contribution in [3.05, 3.63) is 28.8 Å². The predicted molar refractivity (Wildman–Crippen MR) is 70.4 cm³/mol. The summed E-state index contributed by atoms with van der Waals surface area (Å²) >= 11 is 6.05. The van der Waals surface area contributed by atoms with Crippen LogP contribution in [0.5, 0.6) is 0 Å². The highest BCUT2D eigenvalue weighted by molar-refractivity contribution is 6.30. The largest absolute Gasteiger partial charge is 0.371 e. The number of hydrogen-bond donors (Lipinski definition) is 1. The Morgan fingerprint density at radius 2 is 2.31 bits per heavy atom. The first-order chi connectivity index (χ1) is 7.70. The summed E-state index contributed by atoms with van der Waals surface area (Å²) in [7, 11) is 2.02. The fourth-order valence-electron chi connectivity index (χ4n) is 2.43. The summed E-state index contributed by atoms with van der Waals surface area (Å²) in [5.74, 6) is 0.767. The third-order valence-corrected chi connectivity index (χ3v) is 3.53. The van der Waals surface area contributed by atoms with Gasteiger partial charge in [-0.05, 0) is 50.6 Å². The number of benzene rings is 1. The van der Waals surface area contributed by atoms with E-state index in [0.29, 0.717) is 0 Å². The summed E-state index contributed by atoms with van der Waals surface area (Å²) in [5.41, 5.74) is 2.61. The summed E-state index contributed by atoms with van der Waals surface area (Å²) < 4.78 is 0. The second-order valence-corrected chi connectivity index (χ2v) is 5.03. The van der Waals surface area contributed by atoms with E-state index in [4.69, 9.17) is 11.6 Å². The van der Waals surface area contributed by atoms with Crippen molar-refractivity contribution >= 4 is 17.3 Å². The van der Waals surface area contributed by atoms with Crippen LogP contribution in [0, 0.1) is 12.8 Å². The monoisotopic (exact) mass is 238 g/mol. The van der Waals surface area contributed by atoms with Gasteiger partial charge in [0.25, 0.3) is 0 Å². The Morgan fingerprint density at radius 1 is 1.50 bits per heavy atom. The summed E-state index contributed by atoms with van der Waals surface area (Å²) in [5, 5.41) is 4.09. The molecule has 0 amide bonds. The van der Waals surface area contributed by atoms with Gasteiger partial charge >= 0.3 is 0 Å². The molecular weight excluding hydrogens is 220 g/mol. The van der Waals surface area contributed by atoms with Gasteiger partial charge in [0, 0.05) is 23.8 Å². The minimum absolute atomic E-state index is 0.767. The van der Waals surface area contributed by atoms with Gasteiger partial charge in [-0.3, -0.25) is 0 Å². The lowest BCUT2D eigenvalue weighted by atomic mass is 10.1. The van der Waals surface area contributed by atoms with Crippen molar-refractivity contribution in [2.75, 3.05) is 31.6 Å². The number of anilines is 1. The summed E-state index contributed by atoms with van der Waals surface area (Å²) in [4.78, 5) is 2.45. The van der Waals surface area contributed by atoms with Gasteiger partial charge in [0.05, 0.1) is 0 Å². The van der Waals surface area contributed by atoms with Crippen molar-refractivity contribution in [1.82, 2.24) is 5.32 Å². The van der Waals surface area contributed by atoms with Gasteiger partial charge in [-0.25, -0.2) is 0 Å². The van der Waals surface area contributed by atoms with Crippen molar-refractivity contribution in [3.63, 3.8) is 0 Å². The van der Waals surface area contributed by atoms with Gasteiger partial charge in [-0.15, -0.1) is 0 Å². The summed E-state index contributed by atoms with van der Waals surface area (Å²) in [6.45, 7) is 5.54. The number of aryl methyl sites for hydroxylation is 1. The van der Waals surface area contributed by atoms with Crippen molar-refractivity contribution in [1.29, 1.82) is 0 Å². The molecule has 1 aromatic rings. The van der Waals surface area contributed by atoms with E-state index in [-0.39, 0.29) is 0 Å². The maximum Gasteiger partial charge on any atom is 0.0426 e. The number of nitrogens with zero attached hydrogens (tertiary/aromatic N) is 1. The van der Waals surface area contributed by atoms with Crippen molar-refractivity contribution in [3.8, 4) is 0 Å². The first-order valence-electron chi connectivity index (χ1n) is 5.86. The third kappa shape index (κ3) is 2.50.